The number of hydrogen-bond acceptors (Lipinski definition) is 4. The van der Waals surface area contributed by atoms with Crippen LogP contribution in [0.15, 0.2) is 77.5 Å². The van der Waals surface area contributed by atoms with Gasteiger partial charge in [-0.15, -0.1) is 0 Å². The first-order chi connectivity index (χ1) is 17.1. The summed E-state index contributed by atoms with van der Waals surface area (Å²) in [6, 6.07) is 23.5. The first kappa shape index (κ1) is 26.1. The highest BCUT2D eigenvalue weighted by Gasteiger charge is 2.33. The van der Waals surface area contributed by atoms with Crippen molar-refractivity contribution in [3.63, 3.8) is 0 Å². The summed E-state index contributed by atoms with van der Waals surface area (Å²) in [5.41, 5.74) is 3.78. The molecule has 0 aliphatic carbocycles. The van der Waals surface area contributed by atoms with Crippen molar-refractivity contribution in [1.82, 2.24) is 9.80 Å². The third-order valence-electron chi connectivity index (χ3n) is 7.70. The van der Waals surface area contributed by atoms with Crippen LogP contribution in [0.25, 0.3) is 0 Å². The Balaban J connectivity index is 0.000000514. The first-order valence-corrected chi connectivity index (χ1v) is 14.3. The van der Waals surface area contributed by atoms with Gasteiger partial charge in [0.1, 0.15) is 0 Å². The molecule has 5 rings (SSSR count). The minimum atomic E-state index is -0.450. The third kappa shape index (κ3) is 8.57. The molecule has 0 spiro atoms. The summed E-state index contributed by atoms with van der Waals surface area (Å²) < 4.78 is 0. The molecular weight excluding hydrogens is 448 g/mol. The fraction of sp³-hybridized carbons (Fsp3) is 0.484. The minimum Gasteiger partial charge on any atom is -0.390 e. The predicted octanol–water partition coefficient (Wildman–Crippen LogP) is 6.41. The van der Waals surface area contributed by atoms with Crippen molar-refractivity contribution in [3.8, 4) is 0 Å². The topological polar surface area (TPSA) is 26.7 Å². The molecular formula is C31H42N2OS. The maximum atomic E-state index is 11.1. The van der Waals surface area contributed by atoms with Gasteiger partial charge >= 0.3 is 0 Å². The fourth-order valence-electron chi connectivity index (χ4n) is 5.54. The van der Waals surface area contributed by atoms with E-state index < -0.39 is 5.60 Å². The number of rotatable bonds is 8. The maximum absolute atomic E-state index is 11.1. The molecule has 3 heterocycles. The summed E-state index contributed by atoms with van der Waals surface area (Å²) in [5, 5.41) is 15.2. The van der Waals surface area contributed by atoms with E-state index in [-0.39, 0.29) is 0 Å². The standard InChI is InChI=1S/C27H38N2O.C4H4S/c1-23-8-5-6-11-26(23)12-7-14-27(30)15-18-28(19-16-27)21-25-13-17-29(22-25)20-24-9-3-2-4-10-24;1-2-4-5-3-1/h2-6,8-11,25,30H,7,12-22H2,1H3;1-4H. The van der Waals surface area contributed by atoms with Crippen LogP contribution in [0.3, 0.4) is 0 Å². The second-order valence-electron chi connectivity index (χ2n) is 10.5. The molecule has 2 aliphatic heterocycles. The summed E-state index contributed by atoms with van der Waals surface area (Å²) >= 11 is 1.71. The van der Waals surface area contributed by atoms with Crippen molar-refractivity contribution in [2.45, 2.75) is 57.6 Å². The third-order valence-corrected chi connectivity index (χ3v) is 8.33. The van der Waals surface area contributed by atoms with E-state index in [1.807, 2.05) is 22.9 Å². The van der Waals surface area contributed by atoms with Gasteiger partial charge in [-0.3, -0.25) is 4.90 Å². The number of piperidine rings is 1. The van der Waals surface area contributed by atoms with E-state index in [1.165, 1.54) is 42.7 Å². The van der Waals surface area contributed by atoms with E-state index in [2.05, 4.69) is 71.3 Å². The van der Waals surface area contributed by atoms with E-state index in [9.17, 15) is 5.11 Å². The zero-order chi connectivity index (χ0) is 24.3. The number of likely N-dealkylation sites (tertiary alicyclic amines) is 2. The lowest BCUT2D eigenvalue weighted by Crippen LogP contribution is -2.46. The van der Waals surface area contributed by atoms with Gasteiger partial charge in [-0.1, -0.05) is 66.7 Å². The van der Waals surface area contributed by atoms with Crippen LogP contribution in [-0.4, -0.2) is 53.2 Å². The number of nitrogens with zero attached hydrogens (tertiary/aromatic N) is 2. The normalized spacial score (nSPS) is 20.3. The molecule has 1 atom stereocenters. The Morgan fingerprint density at radius 2 is 1.60 bits per heavy atom. The van der Waals surface area contributed by atoms with Crippen LogP contribution in [0.1, 0.15) is 48.8 Å². The average Bonchev–Trinajstić information content (AvgIpc) is 3.59. The highest BCUT2D eigenvalue weighted by molar-refractivity contribution is 7.07. The van der Waals surface area contributed by atoms with Gasteiger partial charge in [-0.25, -0.2) is 0 Å². The van der Waals surface area contributed by atoms with E-state index in [0.29, 0.717) is 0 Å². The van der Waals surface area contributed by atoms with Crippen molar-refractivity contribution < 1.29 is 5.11 Å². The highest BCUT2D eigenvalue weighted by Crippen LogP contribution is 2.29. The number of benzene rings is 2. The molecule has 2 aliphatic rings. The van der Waals surface area contributed by atoms with E-state index in [0.717, 1.165) is 57.7 Å². The molecule has 35 heavy (non-hydrogen) atoms. The molecule has 0 amide bonds. The number of thiophene rings is 1. The van der Waals surface area contributed by atoms with Crippen LogP contribution < -0.4 is 0 Å². The molecule has 2 saturated heterocycles. The Kier molecular flexibility index (Phi) is 9.96. The van der Waals surface area contributed by atoms with E-state index in [1.54, 1.807) is 11.3 Å². The Bertz CT molecular complexity index is 949. The molecule has 3 aromatic rings. The summed E-state index contributed by atoms with van der Waals surface area (Å²) in [6.07, 6.45) is 6.27. The molecule has 1 aromatic heterocycles. The number of aliphatic hydroxyl groups is 1. The lowest BCUT2D eigenvalue weighted by Gasteiger charge is -2.39. The smallest absolute Gasteiger partial charge is 0.0672 e. The van der Waals surface area contributed by atoms with Crippen LogP contribution in [0.5, 0.6) is 0 Å². The maximum Gasteiger partial charge on any atom is 0.0672 e. The van der Waals surface area contributed by atoms with Gasteiger partial charge in [0.15, 0.2) is 0 Å². The zero-order valence-electron chi connectivity index (χ0n) is 21.3. The summed E-state index contributed by atoms with van der Waals surface area (Å²) in [5.74, 6) is 0.779. The molecule has 1 N–H and O–H groups in total. The molecule has 3 nitrogen and oxygen atoms in total. The SMILES string of the molecule is Cc1ccccc1CCCC1(O)CCN(CC2CCN(Cc3ccccc3)C2)CC1.c1ccsc1. The summed E-state index contributed by atoms with van der Waals surface area (Å²) in [4.78, 5) is 5.21. The molecule has 2 aromatic carbocycles. The lowest BCUT2D eigenvalue weighted by molar-refractivity contribution is -0.0313. The Morgan fingerprint density at radius 1 is 0.886 bits per heavy atom. The van der Waals surface area contributed by atoms with E-state index >= 15 is 0 Å². The minimum absolute atomic E-state index is 0.450. The summed E-state index contributed by atoms with van der Waals surface area (Å²) in [6.45, 7) is 9.00. The van der Waals surface area contributed by atoms with Crippen LogP contribution in [0.2, 0.25) is 0 Å². The highest BCUT2D eigenvalue weighted by atomic mass is 32.1. The Labute approximate surface area is 216 Å². The monoisotopic (exact) mass is 490 g/mol. The number of hydrogen-bond donors (Lipinski definition) is 1. The molecule has 1 unspecified atom stereocenters. The van der Waals surface area contributed by atoms with Gasteiger partial charge in [0.05, 0.1) is 5.60 Å². The van der Waals surface area contributed by atoms with Crippen molar-refractivity contribution in [3.05, 3.63) is 94.2 Å². The van der Waals surface area contributed by atoms with Gasteiger partial charge in [-0.2, -0.15) is 11.3 Å². The molecule has 0 radical (unpaired) electrons. The molecule has 2 fully saturated rings. The Morgan fingerprint density at radius 3 is 2.29 bits per heavy atom. The van der Waals surface area contributed by atoms with Crippen LogP contribution in [0.4, 0.5) is 0 Å². The second-order valence-corrected chi connectivity index (χ2v) is 11.3. The van der Waals surface area contributed by atoms with Crippen LogP contribution in [-0.2, 0) is 13.0 Å². The van der Waals surface area contributed by atoms with Gasteiger partial charge in [0.2, 0.25) is 0 Å². The molecule has 0 saturated carbocycles. The van der Waals surface area contributed by atoms with Crippen molar-refractivity contribution in [2.24, 2.45) is 5.92 Å². The van der Waals surface area contributed by atoms with Crippen molar-refractivity contribution in [2.75, 3.05) is 32.7 Å². The van der Waals surface area contributed by atoms with Gasteiger partial charge in [0.25, 0.3) is 0 Å². The molecule has 0 bridgehead atoms. The Hall–Kier alpha value is -1.98. The summed E-state index contributed by atoms with van der Waals surface area (Å²) in [7, 11) is 0. The van der Waals surface area contributed by atoms with Crippen molar-refractivity contribution >= 4 is 11.3 Å². The lowest BCUT2D eigenvalue weighted by atomic mass is 9.85. The van der Waals surface area contributed by atoms with Crippen LogP contribution in [0, 0.1) is 12.8 Å². The molecule has 188 valence electrons. The first-order valence-electron chi connectivity index (χ1n) is 13.3. The van der Waals surface area contributed by atoms with Gasteiger partial charge in [0, 0.05) is 32.7 Å². The molecule has 4 heteroatoms. The van der Waals surface area contributed by atoms with Gasteiger partial charge in [-0.05, 0) is 85.4 Å². The quantitative estimate of drug-likeness (QED) is 0.395. The average molecular weight is 491 g/mol. The van der Waals surface area contributed by atoms with Crippen LogP contribution >= 0.6 is 11.3 Å². The second kappa shape index (κ2) is 13.4. The fourth-order valence-corrected chi connectivity index (χ4v) is 5.99. The largest absolute Gasteiger partial charge is 0.390 e. The van der Waals surface area contributed by atoms with Crippen molar-refractivity contribution in [1.29, 1.82) is 0 Å². The predicted molar refractivity (Wildman–Crippen MR) is 149 cm³/mol. The van der Waals surface area contributed by atoms with Gasteiger partial charge < -0.3 is 10.0 Å². The zero-order valence-corrected chi connectivity index (χ0v) is 22.1. The number of aryl methyl sites for hydroxylation is 2. The van der Waals surface area contributed by atoms with E-state index in [4.69, 9.17) is 0 Å².